The van der Waals surface area contributed by atoms with E-state index in [9.17, 15) is 4.79 Å². The number of carbonyl (C=O) groups is 1. The van der Waals surface area contributed by atoms with Gasteiger partial charge >= 0.3 is 0 Å². The molecule has 120 valence electrons. The van der Waals surface area contributed by atoms with Crippen molar-refractivity contribution < 1.29 is 4.79 Å². The van der Waals surface area contributed by atoms with E-state index in [0.717, 1.165) is 45.5 Å². The van der Waals surface area contributed by atoms with Crippen molar-refractivity contribution in [1.29, 1.82) is 0 Å². The van der Waals surface area contributed by atoms with Crippen LogP contribution in [0.15, 0.2) is 6.07 Å². The Bertz CT molecular complexity index is 637. The molecule has 0 aromatic carbocycles. The number of hydrogen-bond acceptors (Lipinski definition) is 6. The Labute approximate surface area is 138 Å². The summed E-state index contributed by atoms with van der Waals surface area (Å²) < 4.78 is 1.10. The fourth-order valence-corrected chi connectivity index (χ4v) is 4.91. The van der Waals surface area contributed by atoms with Crippen LogP contribution >= 0.6 is 22.7 Å². The number of thiazole rings is 1. The predicted octanol–water partition coefficient (Wildman–Crippen LogP) is 2.62. The monoisotopic (exact) mass is 338 g/mol. The summed E-state index contributed by atoms with van der Waals surface area (Å²) in [7, 11) is 3.97. The number of piperidine rings is 1. The topological polar surface area (TPSA) is 62.5 Å². The third kappa shape index (κ3) is 2.98. The van der Waals surface area contributed by atoms with Crippen molar-refractivity contribution in [2.45, 2.75) is 25.8 Å². The zero-order chi connectivity index (χ0) is 15.9. The van der Waals surface area contributed by atoms with Crippen LogP contribution in [0, 0.1) is 5.92 Å². The van der Waals surface area contributed by atoms with E-state index in [1.165, 1.54) is 11.3 Å². The van der Waals surface area contributed by atoms with E-state index in [1.54, 1.807) is 11.3 Å². The molecular weight excluding hydrogens is 316 g/mol. The molecule has 1 fully saturated rings. The van der Waals surface area contributed by atoms with Gasteiger partial charge in [0, 0.05) is 33.2 Å². The van der Waals surface area contributed by atoms with Crippen LogP contribution in [0.3, 0.4) is 0 Å². The van der Waals surface area contributed by atoms with Crippen LogP contribution in [-0.2, 0) is 0 Å². The molecule has 1 saturated heterocycles. The lowest BCUT2D eigenvalue weighted by Crippen LogP contribution is -2.42. The highest BCUT2D eigenvalue weighted by Gasteiger charge is 2.26. The number of anilines is 1. The van der Waals surface area contributed by atoms with E-state index in [2.05, 4.69) is 11.9 Å². The summed E-state index contributed by atoms with van der Waals surface area (Å²) in [6.07, 6.45) is 2.01. The van der Waals surface area contributed by atoms with Crippen molar-refractivity contribution in [2.24, 2.45) is 11.7 Å². The normalized spacial score (nSPS) is 17.9. The number of likely N-dealkylation sites (tertiary alicyclic amines) is 1. The van der Waals surface area contributed by atoms with Gasteiger partial charge in [0.25, 0.3) is 5.91 Å². The highest BCUT2D eigenvalue weighted by atomic mass is 32.1. The van der Waals surface area contributed by atoms with Crippen molar-refractivity contribution in [1.82, 2.24) is 9.88 Å². The Kier molecular flexibility index (Phi) is 4.38. The minimum atomic E-state index is 0.143. The van der Waals surface area contributed by atoms with Gasteiger partial charge in [-0.1, -0.05) is 11.3 Å². The second-order valence-electron chi connectivity index (χ2n) is 6.16. The molecule has 2 aromatic heterocycles. The summed E-state index contributed by atoms with van der Waals surface area (Å²) in [5.41, 5.74) is 5.96. The predicted molar refractivity (Wildman–Crippen MR) is 94.1 cm³/mol. The average molecular weight is 339 g/mol. The summed E-state index contributed by atoms with van der Waals surface area (Å²) in [5.74, 6) is 0.685. The van der Waals surface area contributed by atoms with Crippen molar-refractivity contribution in [3.8, 4) is 0 Å². The summed E-state index contributed by atoms with van der Waals surface area (Å²) in [5, 5.41) is 0.984. The molecule has 0 radical (unpaired) electrons. The SMILES string of the molecule is CC(N)C1CCN(C(=O)c2cc3sc(N(C)C)nc3s2)CC1. The van der Waals surface area contributed by atoms with Gasteiger partial charge < -0.3 is 15.5 Å². The zero-order valence-electron chi connectivity index (χ0n) is 13.2. The third-order valence-corrected chi connectivity index (χ3v) is 6.56. The molecule has 0 bridgehead atoms. The second-order valence-corrected chi connectivity index (χ2v) is 8.20. The fraction of sp³-hybridized carbons (Fsp3) is 0.600. The maximum atomic E-state index is 12.6. The molecule has 3 rings (SSSR count). The molecule has 5 nitrogen and oxygen atoms in total. The Morgan fingerprint density at radius 3 is 2.64 bits per heavy atom. The Balaban J connectivity index is 1.71. The molecule has 1 aliphatic rings. The van der Waals surface area contributed by atoms with E-state index in [-0.39, 0.29) is 11.9 Å². The molecule has 1 atom stereocenters. The number of nitrogens with zero attached hydrogens (tertiary/aromatic N) is 3. The molecule has 1 aliphatic heterocycles. The summed E-state index contributed by atoms with van der Waals surface area (Å²) >= 11 is 3.13. The lowest BCUT2D eigenvalue weighted by atomic mass is 9.91. The molecule has 22 heavy (non-hydrogen) atoms. The van der Waals surface area contributed by atoms with Crippen LogP contribution in [0.4, 0.5) is 5.13 Å². The largest absolute Gasteiger partial charge is 0.354 e. The van der Waals surface area contributed by atoms with Crippen molar-refractivity contribution in [3.63, 3.8) is 0 Å². The molecule has 2 aromatic rings. The Hall–Kier alpha value is -1.18. The molecule has 0 aliphatic carbocycles. The molecule has 2 N–H and O–H groups in total. The summed E-state index contributed by atoms with van der Waals surface area (Å²) in [6.45, 7) is 3.68. The van der Waals surface area contributed by atoms with Crippen LogP contribution in [0.2, 0.25) is 0 Å². The van der Waals surface area contributed by atoms with Gasteiger partial charge in [-0.25, -0.2) is 4.98 Å². The number of nitrogens with two attached hydrogens (primary N) is 1. The Morgan fingerprint density at radius 2 is 2.09 bits per heavy atom. The number of carbonyl (C=O) groups excluding carboxylic acids is 1. The minimum Gasteiger partial charge on any atom is -0.354 e. The maximum absolute atomic E-state index is 12.6. The van der Waals surface area contributed by atoms with Crippen LogP contribution in [0.1, 0.15) is 29.4 Å². The Morgan fingerprint density at radius 1 is 1.41 bits per heavy atom. The third-order valence-electron chi connectivity index (χ3n) is 4.24. The van der Waals surface area contributed by atoms with Gasteiger partial charge in [-0.3, -0.25) is 4.79 Å². The first kappa shape index (κ1) is 15.7. The molecular formula is C15H22N4OS2. The molecule has 1 unspecified atom stereocenters. The van der Waals surface area contributed by atoms with Gasteiger partial charge in [0.05, 0.1) is 9.58 Å². The fourth-order valence-electron chi connectivity index (χ4n) is 2.80. The number of amides is 1. The first-order chi connectivity index (χ1) is 10.5. The molecule has 0 spiro atoms. The van der Waals surface area contributed by atoms with Crippen LogP contribution in [-0.4, -0.2) is 49.0 Å². The van der Waals surface area contributed by atoms with E-state index < -0.39 is 0 Å². The van der Waals surface area contributed by atoms with E-state index >= 15 is 0 Å². The van der Waals surface area contributed by atoms with E-state index in [4.69, 9.17) is 5.73 Å². The molecule has 1 amide bonds. The van der Waals surface area contributed by atoms with Gasteiger partial charge in [0.15, 0.2) is 5.13 Å². The average Bonchev–Trinajstić information content (AvgIpc) is 3.05. The van der Waals surface area contributed by atoms with E-state index in [1.807, 2.05) is 30.0 Å². The number of fused-ring (bicyclic) bond motifs is 1. The number of hydrogen-bond donors (Lipinski definition) is 1. The minimum absolute atomic E-state index is 0.143. The molecule has 0 saturated carbocycles. The van der Waals surface area contributed by atoms with Crippen molar-refractivity contribution in [2.75, 3.05) is 32.1 Å². The highest BCUT2D eigenvalue weighted by Crippen LogP contribution is 2.34. The zero-order valence-corrected chi connectivity index (χ0v) is 14.8. The van der Waals surface area contributed by atoms with Crippen LogP contribution in [0.25, 0.3) is 9.53 Å². The second kappa shape index (κ2) is 6.14. The van der Waals surface area contributed by atoms with Gasteiger partial charge in [0.1, 0.15) is 4.83 Å². The summed E-state index contributed by atoms with van der Waals surface area (Å²) in [6, 6.07) is 2.21. The lowest BCUT2D eigenvalue weighted by Gasteiger charge is -2.33. The summed E-state index contributed by atoms with van der Waals surface area (Å²) in [4.78, 5) is 22.9. The van der Waals surface area contributed by atoms with Crippen molar-refractivity contribution in [3.05, 3.63) is 10.9 Å². The van der Waals surface area contributed by atoms with Crippen molar-refractivity contribution >= 4 is 43.2 Å². The van der Waals surface area contributed by atoms with E-state index in [0.29, 0.717) is 5.92 Å². The van der Waals surface area contributed by atoms with Gasteiger partial charge in [-0.05, 0) is 31.7 Å². The molecule has 7 heteroatoms. The van der Waals surface area contributed by atoms with Gasteiger partial charge in [-0.15, -0.1) is 11.3 Å². The molecule has 3 heterocycles. The smallest absolute Gasteiger partial charge is 0.264 e. The number of thiophene rings is 1. The van der Waals surface area contributed by atoms with Gasteiger partial charge in [-0.2, -0.15) is 0 Å². The van der Waals surface area contributed by atoms with Gasteiger partial charge in [0.2, 0.25) is 0 Å². The first-order valence-corrected chi connectivity index (χ1v) is 9.21. The number of rotatable bonds is 3. The van der Waals surface area contributed by atoms with Crippen LogP contribution in [0.5, 0.6) is 0 Å². The van der Waals surface area contributed by atoms with Crippen LogP contribution < -0.4 is 10.6 Å². The highest BCUT2D eigenvalue weighted by molar-refractivity contribution is 7.29. The quantitative estimate of drug-likeness (QED) is 0.934. The standard InChI is InChI=1S/C15H22N4OS2/c1-9(16)10-4-6-19(7-5-10)14(20)12-8-11-13(21-12)17-15(22-11)18(2)3/h8-10H,4-7,16H2,1-3H3. The lowest BCUT2D eigenvalue weighted by molar-refractivity contribution is 0.0686. The first-order valence-electron chi connectivity index (χ1n) is 7.58. The number of aromatic nitrogens is 1. The maximum Gasteiger partial charge on any atom is 0.264 e.